The molecule has 0 spiro atoms. The van der Waals surface area contributed by atoms with Gasteiger partial charge in [0.05, 0.1) is 5.75 Å². The third-order valence-electron chi connectivity index (χ3n) is 3.15. The van der Waals surface area contributed by atoms with Gasteiger partial charge in [0.1, 0.15) is 0 Å². The molecular formula is C13H18N2O2S. The highest BCUT2D eigenvalue weighted by molar-refractivity contribution is 7.88. The number of benzene rings is 1. The fourth-order valence-electron chi connectivity index (χ4n) is 2.00. The fraction of sp³-hybridized carbons (Fsp3) is 0.385. The van der Waals surface area contributed by atoms with Gasteiger partial charge in [0, 0.05) is 18.8 Å². The monoisotopic (exact) mass is 266 g/mol. The van der Waals surface area contributed by atoms with Gasteiger partial charge >= 0.3 is 0 Å². The molecule has 2 N–H and O–H groups in total. The summed E-state index contributed by atoms with van der Waals surface area (Å²) in [6.45, 7) is 4.99. The molecule has 1 aliphatic heterocycles. The predicted molar refractivity (Wildman–Crippen MR) is 73.4 cm³/mol. The number of nitrogens with two attached hydrogens (primary N) is 1. The summed E-state index contributed by atoms with van der Waals surface area (Å²) in [6.07, 6.45) is 1.53. The van der Waals surface area contributed by atoms with E-state index in [4.69, 9.17) is 5.73 Å². The van der Waals surface area contributed by atoms with Crippen LogP contribution in [-0.4, -0.2) is 25.8 Å². The molecule has 5 heteroatoms. The Hall–Kier alpha value is -1.33. The van der Waals surface area contributed by atoms with Gasteiger partial charge in [-0.25, -0.2) is 12.7 Å². The van der Waals surface area contributed by atoms with Crippen molar-refractivity contribution in [3.8, 4) is 0 Å². The van der Waals surface area contributed by atoms with E-state index < -0.39 is 10.0 Å². The van der Waals surface area contributed by atoms with E-state index in [0.717, 1.165) is 24.0 Å². The number of sulfonamides is 1. The van der Waals surface area contributed by atoms with E-state index in [1.807, 2.05) is 0 Å². The molecule has 0 amide bonds. The molecule has 1 aromatic rings. The Kier molecular flexibility index (Phi) is 3.73. The van der Waals surface area contributed by atoms with Crippen LogP contribution in [0.1, 0.15) is 18.4 Å². The second-order valence-corrected chi connectivity index (χ2v) is 6.62. The molecule has 0 radical (unpaired) electrons. The number of hydrogen-bond acceptors (Lipinski definition) is 3. The third-order valence-corrected chi connectivity index (χ3v) is 5.00. The lowest BCUT2D eigenvalue weighted by Gasteiger charge is -2.27. The van der Waals surface area contributed by atoms with Crippen LogP contribution in [0.3, 0.4) is 0 Å². The van der Waals surface area contributed by atoms with Crippen LogP contribution in [0.25, 0.3) is 0 Å². The van der Waals surface area contributed by atoms with Crippen molar-refractivity contribution in [2.45, 2.75) is 18.6 Å². The van der Waals surface area contributed by atoms with Gasteiger partial charge in [-0.05, 0) is 30.5 Å². The van der Waals surface area contributed by atoms with Gasteiger partial charge in [0.25, 0.3) is 0 Å². The molecular weight excluding hydrogens is 248 g/mol. The zero-order valence-corrected chi connectivity index (χ0v) is 11.1. The maximum absolute atomic E-state index is 12.2. The molecule has 0 saturated carbocycles. The molecule has 1 saturated heterocycles. The van der Waals surface area contributed by atoms with Crippen molar-refractivity contribution in [1.82, 2.24) is 4.31 Å². The first-order valence-corrected chi connectivity index (χ1v) is 7.57. The van der Waals surface area contributed by atoms with Crippen LogP contribution in [0.2, 0.25) is 0 Å². The van der Waals surface area contributed by atoms with Crippen LogP contribution in [0.5, 0.6) is 0 Å². The first kappa shape index (κ1) is 13.1. The molecule has 1 aromatic carbocycles. The highest BCUT2D eigenvalue weighted by Crippen LogP contribution is 2.20. The summed E-state index contributed by atoms with van der Waals surface area (Å²) >= 11 is 0. The van der Waals surface area contributed by atoms with Crippen LogP contribution >= 0.6 is 0 Å². The van der Waals surface area contributed by atoms with E-state index >= 15 is 0 Å². The van der Waals surface area contributed by atoms with Crippen LogP contribution in [0.4, 0.5) is 5.69 Å². The number of nitrogens with zero attached hydrogens (tertiary/aromatic N) is 1. The fourth-order valence-corrected chi connectivity index (χ4v) is 3.53. The Morgan fingerprint density at radius 2 is 1.72 bits per heavy atom. The van der Waals surface area contributed by atoms with Crippen molar-refractivity contribution < 1.29 is 8.42 Å². The van der Waals surface area contributed by atoms with Crippen LogP contribution in [-0.2, 0) is 15.8 Å². The van der Waals surface area contributed by atoms with Crippen molar-refractivity contribution in [2.24, 2.45) is 0 Å². The Bertz CT molecular complexity index is 525. The summed E-state index contributed by atoms with van der Waals surface area (Å²) in [6, 6.07) is 6.97. The zero-order chi connectivity index (χ0) is 13.2. The lowest BCUT2D eigenvalue weighted by atomic mass is 10.1. The summed E-state index contributed by atoms with van der Waals surface area (Å²) in [4.78, 5) is 0. The second-order valence-electron chi connectivity index (χ2n) is 4.65. The Morgan fingerprint density at radius 1 is 1.17 bits per heavy atom. The molecule has 0 atom stereocenters. The summed E-state index contributed by atoms with van der Waals surface area (Å²) in [5, 5.41) is 0. The van der Waals surface area contributed by atoms with E-state index in [-0.39, 0.29) is 5.75 Å². The van der Waals surface area contributed by atoms with Crippen LogP contribution in [0, 0.1) is 0 Å². The Balaban J connectivity index is 2.07. The largest absolute Gasteiger partial charge is 0.399 e. The predicted octanol–water partition coefficient (Wildman–Crippen LogP) is 1.75. The second kappa shape index (κ2) is 5.12. The van der Waals surface area contributed by atoms with Gasteiger partial charge in [0.2, 0.25) is 10.0 Å². The minimum absolute atomic E-state index is 0.0414. The quantitative estimate of drug-likeness (QED) is 0.669. The first-order chi connectivity index (χ1) is 8.47. The lowest BCUT2D eigenvalue weighted by Crippen LogP contribution is -2.36. The summed E-state index contributed by atoms with van der Waals surface area (Å²) < 4.78 is 26.0. The molecule has 0 aromatic heterocycles. The van der Waals surface area contributed by atoms with Crippen LogP contribution in [0.15, 0.2) is 36.4 Å². The molecule has 0 aliphatic carbocycles. The summed E-state index contributed by atoms with van der Waals surface area (Å²) in [5.74, 6) is 0.0414. The van der Waals surface area contributed by atoms with E-state index in [1.54, 1.807) is 28.6 Å². The molecule has 0 bridgehead atoms. The third kappa shape index (κ3) is 3.11. The van der Waals surface area contributed by atoms with Gasteiger partial charge in [-0.2, -0.15) is 0 Å². The molecule has 1 fully saturated rings. The van der Waals surface area contributed by atoms with Gasteiger partial charge in [-0.1, -0.05) is 24.3 Å². The van der Waals surface area contributed by atoms with Gasteiger partial charge in [0.15, 0.2) is 0 Å². The summed E-state index contributed by atoms with van der Waals surface area (Å²) in [5.41, 5.74) is 8.13. The molecule has 18 heavy (non-hydrogen) atoms. The lowest BCUT2D eigenvalue weighted by molar-refractivity contribution is 0.387. The normalized spacial score (nSPS) is 17.9. The van der Waals surface area contributed by atoms with Gasteiger partial charge in [-0.3, -0.25) is 0 Å². The van der Waals surface area contributed by atoms with Crippen molar-refractivity contribution in [3.63, 3.8) is 0 Å². The first-order valence-electron chi connectivity index (χ1n) is 5.96. The number of nitrogen functional groups attached to an aromatic ring is 1. The van der Waals surface area contributed by atoms with Crippen LogP contribution < -0.4 is 5.73 Å². The van der Waals surface area contributed by atoms with E-state index in [0.29, 0.717) is 18.8 Å². The molecule has 1 aliphatic rings. The van der Waals surface area contributed by atoms with Gasteiger partial charge < -0.3 is 5.73 Å². The average Bonchev–Trinajstić information content (AvgIpc) is 2.32. The minimum atomic E-state index is -3.22. The topological polar surface area (TPSA) is 63.4 Å². The molecule has 4 nitrogen and oxygen atoms in total. The zero-order valence-electron chi connectivity index (χ0n) is 10.3. The van der Waals surface area contributed by atoms with Crippen molar-refractivity contribution >= 4 is 15.7 Å². The smallest absolute Gasteiger partial charge is 0.218 e. The van der Waals surface area contributed by atoms with Crippen molar-refractivity contribution in [3.05, 3.63) is 42.0 Å². The van der Waals surface area contributed by atoms with Crippen molar-refractivity contribution in [1.29, 1.82) is 0 Å². The van der Waals surface area contributed by atoms with E-state index in [2.05, 4.69) is 6.58 Å². The molecule has 2 rings (SSSR count). The maximum Gasteiger partial charge on any atom is 0.218 e. The summed E-state index contributed by atoms with van der Waals surface area (Å²) in [7, 11) is -3.22. The van der Waals surface area contributed by atoms with Gasteiger partial charge in [-0.15, -0.1) is 0 Å². The number of hydrogen-bond donors (Lipinski definition) is 1. The maximum atomic E-state index is 12.2. The number of anilines is 1. The van der Waals surface area contributed by atoms with Crippen molar-refractivity contribution in [2.75, 3.05) is 18.8 Å². The van der Waals surface area contributed by atoms with E-state index in [9.17, 15) is 8.42 Å². The highest BCUT2D eigenvalue weighted by atomic mass is 32.2. The Labute approximate surface area is 108 Å². The molecule has 0 unspecified atom stereocenters. The Morgan fingerprint density at radius 3 is 2.28 bits per heavy atom. The minimum Gasteiger partial charge on any atom is -0.399 e. The standard InChI is InChI=1S/C13H18N2O2S/c1-11-6-8-15(9-7-11)18(16,17)10-12-2-4-13(14)5-3-12/h2-5H,1,6-10,14H2. The van der Waals surface area contributed by atoms with E-state index in [1.165, 1.54) is 0 Å². The number of piperidine rings is 1. The molecule has 98 valence electrons. The SMILES string of the molecule is C=C1CCN(S(=O)(=O)Cc2ccc(N)cc2)CC1. The molecule has 1 heterocycles. The highest BCUT2D eigenvalue weighted by Gasteiger charge is 2.25. The number of rotatable bonds is 3. The average molecular weight is 266 g/mol.